The zero-order valence-corrected chi connectivity index (χ0v) is 12.2. The van der Waals surface area contributed by atoms with Gasteiger partial charge in [0.1, 0.15) is 5.82 Å². The summed E-state index contributed by atoms with van der Waals surface area (Å²) < 4.78 is 13.2. The van der Waals surface area contributed by atoms with Gasteiger partial charge in [-0.3, -0.25) is 4.98 Å². The SMILES string of the molecule is Fc1ccnc(-c2c(Cl)c(Cl)c(Cl)c(Cl)c2Cl)c1. The van der Waals surface area contributed by atoms with Crippen molar-refractivity contribution in [2.45, 2.75) is 0 Å². The second-order valence-electron chi connectivity index (χ2n) is 3.30. The quantitative estimate of drug-likeness (QED) is 0.446. The van der Waals surface area contributed by atoms with E-state index in [1.165, 1.54) is 18.3 Å². The second kappa shape index (κ2) is 5.40. The molecule has 1 nitrogen and oxygen atoms in total. The molecule has 0 N–H and O–H groups in total. The Morgan fingerprint density at radius 3 is 1.83 bits per heavy atom. The largest absolute Gasteiger partial charge is 0.256 e. The van der Waals surface area contributed by atoms with Gasteiger partial charge < -0.3 is 0 Å². The van der Waals surface area contributed by atoms with Gasteiger partial charge in [-0.25, -0.2) is 4.39 Å². The summed E-state index contributed by atoms with van der Waals surface area (Å²) in [6.45, 7) is 0. The Hall–Kier alpha value is -0.250. The van der Waals surface area contributed by atoms with Crippen LogP contribution in [0, 0.1) is 5.82 Å². The lowest BCUT2D eigenvalue weighted by atomic mass is 10.1. The van der Waals surface area contributed by atoms with E-state index in [4.69, 9.17) is 58.0 Å². The fraction of sp³-hybridized carbons (Fsp3) is 0. The van der Waals surface area contributed by atoms with Gasteiger partial charge in [-0.2, -0.15) is 0 Å². The van der Waals surface area contributed by atoms with Crippen molar-refractivity contribution in [1.29, 1.82) is 0 Å². The van der Waals surface area contributed by atoms with Crippen LogP contribution in [0.25, 0.3) is 11.3 Å². The molecule has 0 bridgehead atoms. The predicted octanol–water partition coefficient (Wildman–Crippen LogP) is 6.15. The number of benzene rings is 1. The van der Waals surface area contributed by atoms with Crippen LogP contribution in [0.3, 0.4) is 0 Å². The molecule has 18 heavy (non-hydrogen) atoms. The maximum atomic E-state index is 13.2. The molecule has 0 saturated heterocycles. The minimum atomic E-state index is -0.477. The molecule has 0 fully saturated rings. The van der Waals surface area contributed by atoms with Gasteiger partial charge in [0.25, 0.3) is 0 Å². The molecule has 0 saturated carbocycles. The summed E-state index contributed by atoms with van der Waals surface area (Å²) in [5.74, 6) is -0.477. The van der Waals surface area contributed by atoms with Crippen molar-refractivity contribution in [2.75, 3.05) is 0 Å². The van der Waals surface area contributed by atoms with E-state index in [0.717, 1.165) is 0 Å². The molecule has 0 amide bonds. The number of halogens is 6. The maximum absolute atomic E-state index is 13.2. The van der Waals surface area contributed by atoms with Crippen LogP contribution >= 0.6 is 58.0 Å². The van der Waals surface area contributed by atoms with Gasteiger partial charge in [-0.15, -0.1) is 0 Å². The zero-order valence-electron chi connectivity index (χ0n) is 8.45. The molecule has 94 valence electrons. The van der Waals surface area contributed by atoms with Crippen LogP contribution in [-0.2, 0) is 0 Å². The van der Waals surface area contributed by atoms with Crippen LogP contribution in [0.2, 0.25) is 25.1 Å². The van der Waals surface area contributed by atoms with E-state index in [9.17, 15) is 4.39 Å². The molecule has 2 aromatic rings. The molecule has 0 unspecified atom stereocenters. The monoisotopic (exact) mass is 343 g/mol. The third-order valence-electron chi connectivity index (χ3n) is 2.19. The van der Waals surface area contributed by atoms with Gasteiger partial charge >= 0.3 is 0 Å². The maximum Gasteiger partial charge on any atom is 0.126 e. The van der Waals surface area contributed by atoms with Crippen LogP contribution < -0.4 is 0 Å². The van der Waals surface area contributed by atoms with Gasteiger partial charge in [0.2, 0.25) is 0 Å². The highest BCUT2D eigenvalue weighted by atomic mass is 35.5. The first-order valence-electron chi connectivity index (χ1n) is 4.57. The van der Waals surface area contributed by atoms with Gasteiger partial charge in [0.05, 0.1) is 30.8 Å². The molecular formula is C11H3Cl5FN. The number of hydrogen-bond donors (Lipinski definition) is 0. The van der Waals surface area contributed by atoms with E-state index >= 15 is 0 Å². The third-order valence-corrected chi connectivity index (χ3v) is 4.46. The summed E-state index contributed by atoms with van der Waals surface area (Å²) in [5, 5.41) is 0.305. The number of pyridine rings is 1. The third kappa shape index (κ3) is 2.40. The number of rotatable bonds is 1. The Morgan fingerprint density at radius 2 is 1.33 bits per heavy atom. The molecule has 2 rings (SSSR count). The van der Waals surface area contributed by atoms with Gasteiger partial charge in [-0.05, 0) is 6.07 Å². The summed E-state index contributed by atoms with van der Waals surface area (Å²) in [5.41, 5.74) is 0.475. The predicted molar refractivity (Wildman–Crippen MR) is 74.7 cm³/mol. The van der Waals surface area contributed by atoms with Crippen molar-refractivity contribution in [2.24, 2.45) is 0 Å². The highest BCUT2D eigenvalue weighted by Gasteiger charge is 2.21. The molecule has 0 aliphatic rings. The van der Waals surface area contributed by atoms with Crippen molar-refractivity contribution < 1.29 is 4.39 Å². The van der Waals surface area contributed by atoms with Crippen molar-refractivity contribution in [3.8, 4) is 11.3 Å². The lowest BCUT2D eigenvalue weighted by molar-refractivity contribution is 0.626. The second-order valence-corrected chi connectivity index (χ2v) is 5.19. The Morgan fingerprint density at radius 1 is 0.833 bits per heavy atom. The molecular weight excluding hydrogens is 342 g/mol. The molecule has 1 aromatic heterocycles. The van der Waals surface area contributed by atoms with Gasteiger partial charge in [0.15, 0.2) is 0 Å². The summed E-state index contributed by atoms with van der Waals surface area (Å²) in [6, 6.07) is 2.37. The molecule has 1 heterocycles. The van der Waals surface area contributed by atoms with Crippen LogP contribution in [0.15, 0.2) is 18.3 Å². The van der Waals surface area contributed by atoms with Gasteiger partial charge in [0, 0.05) is 17.8 Å². The highest BCUT2D eigenvalue weighted by Crippen LogP contribution is 2.47. The summed E-state index contributed by atoms with van der Waals surface area (Å²) in [4.78, 5) is 3.97. The van der Waals surface area contributed by atoms with E-state index in [0.29, 0.717) is 0 Å². The zero-order chi connectivity index (χ0) is 13.4. The van der Waals surface area contributed by atoms with Crippen LogP contribution in [0.5, 0.6) is 0 Å². The van der Waals surface area contributed by atoms with Crippen molar-refractivity contribution in [1.82, 2.24) is 4.98 Å². The minimum absolute atomic E-state index is 0.0495. The molecule has 0 spiro atoms. The molecule has 7 heteroatoms. The molecule has 0 atom stereocenters. The number of hydrogen-bond acceptors (Lipinski definition) is 1. The smallest absolute Gasteiger partial charge is 0.126 e. The van der Waals surface area contributed by atoms with E-state index < -0.39 is 5.82 Å². The molecule has 0 aliphatic carbocycles. The van der Waals surface area contributed by atoms with Crippen LogP contribution in [0.4, 0.5) is 4.39 Å². The van der Waals surface area contributed by atoms with Gasteiger partial charge in [-0.1, -0.05) is 58.0 Å². The fourth-order valence-corrected chi connectivity index (χ4v) is 2.70. The van der Waals surface area contributed by atoms with E-state index in [-0.39, 0.29) is 36.4 Å². The van der Waals surface area contributed by atoms with Crippen molar-refractivity contribution >= 4 is 58.0 Å². The first-order valence-corrected chi connectivity index (χ1v) is 6.45. The molecule has 0 radical (unpaired) electrons. The number of nitrogens with zero attached hydrogens (tertiary/aromatic N) is 1. The fourth-order valence-electron chi connectivity index (χ4n) is 1.37. The standard InChI is InChI=1S/C11H3Cl5FN/c12-7-6(5-3-4(17)1-2-18-5)8(13)10(15)11(16)9(7)14/h1-3H. The van der Waals surface area contributed by atoms with E-state index in [2.05, 4.69) is 4.98 Å². The first kappa shape index (κ1) is 14.2. The average Bonchev–Trinajstić information content (AvgIpc) is 2.34. The Bertz CT molecular complexity index is 600. The Labute approximate surface area is 127 Å². The average molecular weight is 345 g/mol. The summed E-state index contributed by atoms with van der Waals surface area (Å²) >= 11 is 29.8. The van der Waals surface area contributed by atoms with Crippen molar-refractivity contribution in [3.05, 3.63) is 49.3 Å². The summed E-state index contributed by atoms with van der Waals surface area (Å²) in [6.07, 6.45) is 1.29. The lowest BCUT2D eigenvalue weighted by Crippen LogP contribution is -1.90. The van der Waals surface area contributed by atoms with E-state index in [1.807, 2.05) is 0 Å². The topological polar surface area (TPSA) is 12.9 Å². The first-order chi connectivity index (χ1) is 8.43. The lowest BCUT2D eigenvalue weighted by Gasteiger charge is -2.11. The Balaban J connectivity index is 2.80. The molecule has 1 aromatic carbocycles. The normalized spacial score (nSPS) is 10.8. The summed E-state index contributed by atoms with van der Waals surface area (Å²) in [7, 11) is 0. The molecule has 0 aliphatic heterocycles. The van der Waals surface area contributed by atoms with Crippen LogP contribution in [0.1, 0.15) is 0 Å². The van der Waals surface area contributed by atoms with Crippen LogP contribution in [-0.4, -0.2) is 4.98 Å². The van der Waals surface area contributed by atoms with Crippen molar-refractivity contribution in [3.63, 3.8) is 0 Å². The minimum Gasteiger partial charge on any atom is -0.256 e. The Kier molecular flexibility index (Phi) is 4.25. The van der Waals surface area contributed by atoms with E-state index in [1.54, 1.807) is 0 Å². The number of aromatic nitrogens is 1. The highest BCUT2D eigenvalue weighted by molar-refractivity contribution is 6.56.